The van der Waals surface area contributed by atoms with E-state index < -0.39 is 15.9 Å². The maximum absolute atomic E-state index is 12.9. The van der Waals surface area contributed by atoms with Gasteiger partial charge < -0.3 is 4.57 Å². The molecule has 3 aromatic rings. The lowest BCUT2D eigenvalue weighted by Crippen LogP contribution is -2.31. The van der Waals surface area contributed by atoms with Crippen LogP contribution in [-0.4, -0.2) is 36.3 Å². The minimum Gasteiger partial charge on any atom is -0.319 e. The molecule has 30 heavy (non-hydrogen) atoms. The van der Waals surface area contributed by atoms with E-state index in [0.717, 1.165) is 40.4 Å². The van der Waals surface area contributed by atoms with E-state index in [1.165, 1.54) is 23.5 Å². The largest absolute Gasteiger partial charge is 0.319 e. The number of carbonyl (C=O) groups excluding carboxylic acids is 1. The van der Waals surface area contributed by atoms with Crippen molar-refractivity contribution in [2.75, 3.05) is 13.1 Å². The van der Waals surface area contributed by atoms with Crippen LogP contribution in [0.4, 0.5) is 0 Å². The maximum atomic E-state index is 12.9. The van der Waals surface area contributed by atoms with Crippen LogP contribution in [0.3, 0.4) is 0 Å². The molecule has 1 aromatic heterocycles. The highest BCUT2D eigenvalue weighted by molar-refractivity contribution is 9.10. The highest BCUT2D eigenvalue weighted by Crippen LogP contribution is 2.22. The number of thiazole rings is 1. The summed E-state index contributed by atoms with van der Waals surface area (Å²) in [6, 6.07) is 12.0. The first-order chi connectivity index (χ1) is 14.4. The van der Waals surface area contributed by atoms with Crippen molar-refractivity contribution in [1.29, 1.82) is 0 Å². The molecule has 0 N–H and O–H groups in total. The molecule has 6 nitrogen and oxygen atoms in total. The molecule has 1 amide bonds. The van der Waals surface area contributed by atoms with Gasteiger partial charge in [-0.25, -0.2) is 8.42 Å². The van der Waals surface area contributed by atoms with Crippen molar-refractivity contribution in [3.63, 3.8) is 0 Å². The highest BCUT2D eigenvalue weighted by atomic mass is 79.9. The molecule has 158 valence electrons. The summed E-state index contributed by atoms with van der Waals surface area (Å²) in [6.07, 6.45) is 3.90. The van der Waals surface area contributed by atoms with E-state index in [9.17, 15) is 13.2 Å². The number of aromatic nitrogens is 1. The fourth-order valence-corrected chi connectivity index (χ4v) is 6.65. The second kappa shape index (κ2) is 8.74. The number of halogens is 1. The summed E-state index contributed by atoms with van der Waals surface area (Å²) < 4.78 is 31.2. The van der Waals surface area contributed by atoms with Gasteiger partial charge in [0.15, 0.2) is 4.80 Å². The van der Waals surface area contributed by atoms with Gasteiger partial charge in [-0.2, -0.15) is 9.30 Å². The van der Waals surface area contributed by atoms with E-state index >= 15 is 0 Å². The van der Waals surface area contributed by atoms with Crippen molar-refractivity contribution in [1.82, 2.24) is 8.87 Å². The predicted molar refractivity (Wildman–Crippen MR) is 122 cm³/mol. The average molecular weight is 508 g/mol. The van der Waals surface area contributed by atoms with Gasteiger partial charge in [-0.05, 0) is 55.3 Å². The lowest BCUT2D eigenvalue weighted by molar-refractivity contribution is 0.0998. The van der Waals surface area contributed by atoms with Gasteiger partial charge in [0, 0.05) is 30.2 Å². The summed E-state index contributed by atoms with van der Waals surface area (Å²) in [7, 11) is -1.66. The zero-order valence-corrected chi connectivity index (χ0v) is 19.8. The molecule has 0 radical (unpaired) electrons. The molecule has 2 heterocycles. The molecule has 0 unspecified atom stereocenters. The second-order valence-corrected chi connectivity index (χ2v) is 11.2. The Morgan fingerprint density at radius 3 is 2.37 bits per heavy atom. The summed E-state index contributed by atoms with van der Waals surface area (Å²) in [5.74, 6) is -0.394. The Kier molecular flexibility index (Phi) is 6.24. The van der Waals surface area contributed by atoms with E-state index in [2.05, 4.69) is 20.9 Å². The van der Waals surface area contributed by atoms with Crippen LogP contribution in [-0.2, 0) is 17.1 Å². The molecule has 4 rings (SSSR count). The number of nitrogens with zero attached hydrogens (tertiary/aromatic N) is 3. The quantitative estimate of drug-likeness (QED) is 0.530. The first kappa shape index (κ1) is 21.4. The van der Waals surface area contributed by atoms with Crippen molar-refractivity contribution >= 4 is 53.4 Å². The Hall–Kier alpha value is -1.81. The average Bonchev–Trinajstić information content (AvgIpc) is 2.92. The van der Waals surface area contributed by atoms with Crippen LogP contribution in [0.15, 0.2) is 56.8 Å². The van der Waals surface area contributed by atoms with Crippen molar-refractivity contribution in [3.05, 3.63) is 57.3 Å². The highest BCUT2D eigenvalue weighted by Gasteiger charge is 2.25. The van der Waals surface area contributed by atoms with Gasteiger partial charge in [0.2, 0.25) is 10.0 Å². The smallest absolute Gasteiger partial charge is 0.279 e. The number of hydrogen-bond donors (Lipinski definition) is 0. The van der Waals surface area contributed by atoms with Gasteiger partial charge in [-0.3, -0.25) is 4.79 Å². The van der Waals surface area contributed by atoms with Crippen molar-refractivity contribution in [2.45, 2.75) is 30.6 Å². The summed E-state index contributed by atoms with van der Waals surface area (Å²) in [5, 5.41) is 0. The first-order valence-electron chi connectivity index (χ1n) is 9.80. The van der Waals surface area contributed by atoms with Crippen LogP contribution in [0.2, 0.25) is 0 Å². The zero-order chi connectivity index (χ0) is 21.3. The van der Waals surface area contributed by atoms with Crippen LogP contribution < -0.4 is 4.80 Å². The van der Waals surface area contributed by atoms with Crippen LogP contribution in [0.5, 0.6) is 0 Å². The topological polar surface area (TPSA) is 71.7 Å². The predicted octanol–water partition coefficient (Wildman–Crippen LogP) is 4.31. The fourth-order valence-electron chi connectivity index (χ4n) is 3.57. The molecule has 2 aromatic carbocycles. The number of sulfonamides is 1. The Balaban J connectivity index is 1.60. The second-order valence-electron chi connectivity index (χ2n) is 7.32. The molecule has 1 aliphatic rings. The summed E-state index contributed by atoms with van der Waals surface area (Å²) >= 11 is 4.89. The Bertz CT molecular complexity index is 1250. The number of benzene rings is 2. The van der Waals surface area contributed by atoms with E-state index in [-0.39, 0.29) is 4.90 Å². The van der Waals surface area contributed by atoms with Crippen LogP contribution in [0.25, 0.3) is 10.2 Å². The third kappa shape index (κ3) is 4.30. The molecular weight excluding hydrogens is 486 g/mol. The van der Waals surface area contributed by atoms with Gasteiger partial charge >= 0.3 is 0 Å². The standard InChI is InChI=1S/C21H22BrN3O3S2/c1-24-18-11-8-16(22)14-19(18)29-21(24)23-20(26)15-6-9-17(10-7-15)30(27,28)25-12-4-2-3-5-13-25/h6-11,14H,2-5,12-13H2,1H3. The molecule has 0 saturated carbocycles. The maximum Gasteiger partial charge on any atom is 0.279 e. The molecule has 0 bridgehead atoms. The van der Waals surface area contributed by atoms with Crippen molar-refractivity contribution in [3.8, 4) is 0 Å². The molecule has 0 spiro atoms. The minimum atomic E-state index is -3.53. The lowest BCUT2D eigenvalue weighted by atomic mass is 10.2. The summed E-state index contributed by atoms with van der Waals surface area (Å²) in [4.78, 5) is 17.7. The molecule has 1 saturated heterocycles. The molecule has 0 atom stereocenters. The number of carbonyl (C=O) groups is 1. The number of rotatable bonds is 3. The van der Waals surface area contributed by atoms with E-state index in [4.69, 9.17) is 0 Å². The first-order valence-corrected chi connectivity index (χ1v) is 12.9. The lowest BCUT2D eigenvalue weighted by Gasteiger charge is -2.19. The van der Waals surface area contributed by atoms with E-state index in [1.807, 2.05) is 29.8 Å². The van der Waals surface area contributed by atoms with Crippen LogP contribution >= 0.6 is 27.3 Å². The third-order valence-corrected chi connectivity index (χ3v) is 8.77. The van der Waals surface area contributed by atoms with Gasteiger partial charge in [0.1, 0.15) is 0 Å². The number of fused-ring (bicyclic) bond motifs is 1. The molecule has 1 aliphatic heterocycles. The number of amides is 1. The van der Waals surface area contributed by atoms with Crippen LogP contribution in [0, 0.1) is 0 Å². The summed E-state index contributed by atoms with van der Waals surface area (Å²) in [6.45, 7) is 1.10. The van der Waals surface area contributed by atoms with Crippen molar-refractivity contribution < 1.29 is 13.2 Å². The SMILES string of the molecule is Cn1c(=NC(=O)c2ccc(S(=O)(=O)N3CCCCCC3)cc2)sc2cc(Br)ccc21. The van der Waals surface area contributed by atoms with Crippen LogP contribution in [0.1, 0.15) is 36.0 Å². The number of aryl methyl sites for hydroxylation is 1. The molecule has 9 heteroatoms. The zero-order valence-electron chi connectivity index (χ0n) is 16.5. The Morgan fingerprint density at radius 1 is 1.03 bits per heavy atom. The molecular formula is C21H22BrN3O3S2. The van der Waals surface area contributed by atoms with E-state index in [0.29, 0.717) is 23.5 Å². The van der Waals surface area contributed by atoms with E-state index in [1.54, 1.807) is 16.4 Å². The monoisotopic (exact) mass is 507 g/mol. The Morgan fingerprint density at radius 2 is 1.70 bits per heavy atom. The minimum absolute atomic E-state index is 0.221. The fraction of sp³-hybridized carbons (Fsp3) is 0.333. The Labute approximate surface area is 188 Å². The summed E-state index contributed by atoms with van der Waals surface area (Å²) in [5.41, 5.74) is 1.36. The van der Waals surface area contributed by atoms with Gasteiger partial charge in [0.25, 0.3) is 5.91 Å². The van der Waals surface area contributed by atoms with Gasteiger partial charge in [0.05, 0.1) is 15.1 Å². The normalized spacial score (nSPS) is 16.7. The molecule has 0 aliphatic carbocycles. The van der Waals surface area contributed by atoms with Gasteiger partial charge in [-0.1, -0.05) is 40.1 Å². The van der Waals surface area contributed by atoms with Gasteiger partial charge in [-0.15, -0.1) is 0 Å². The van der Waals surface area contributed by atoms with Crippen molar-refractivity contribution in [2.24, 2.45) is 12.0 Å². The number of hydrogen-bond acceptors (Lipinski definition) is 4. The molecule has 1 fully saturated rings. The third-order valence-electron chi connectivity index (χ3n) is 5.27.